The summed E-state index contributed by atoms with van der Waals surface area (Å²) in [6, 6.07) is 19.5. The van der Waals surface area contributed by atoms with Gasteiger partial charge in [-0.05, 0) is 34.0 Å². The summed E-state index contributed by atoms with van der Waals surface area (Å²) < 4.78 is 0. The molecule has 0 unspecified atom stereocenters. The monoisotopic (exact) mass is 444 g/mol. The first-order chi connectivity index (χ1) is 11.6. The van der Waals surface area contributed by atoms with Crippen LogP contribution in [0.15, 0.2) is 60.7 Å². The molecule has 0 bridgehead atoms. The van der Waals surface area contributed by atoms with Crippen molar-refractivity contribution in [1.29, 1.82) is 0 Å². The molecule has 120 valence electrons. The van der Waals surface area contributed by atoms with Crippen molar-refractivity contribution >= 4 is 54.2 Å². The van der Waals surface area contributed by atoms with Gasteiger partial charge >= 0.3 is 0 Å². The Bertz CT molecular complexity index is 915. The normalized spacial score (nSPS) is 10.8. The van der Waals surface area contributed by atoms with E-state index in [0.29, 0.717) is 21.8 Å². The summed E-state index contributed by atoms with van der Waals surface area (Å²) >= 11 is 6.39. The van der Waals surface area contributed by atoms with Crippen molar-refractivity contribution in [1.82, 2.24) is 0 Å². The SMILES string of the molecule is O=C(CBr)c1ccc(-c2ccc3cc(C(=O)CBr)ccc3c2)cc1. The Kier molecular flexibility index (Phi) is 5.27. The van der Waals surface area contributed by atoms with E-state index in [1.807, 2.05) is 54.6 Å². The predicted octanol–water partition coefficient (Wildman–Crippen LogP) is 5.66. The van der Waals surface area contributed by atoms with E-state index in [2.05, 4.69) is 37.9 Å². The summed E-state index contributed by atoms with van der Waals surface area (Å²) in [5, 5.41) is 2.78. The fraction of sp³-hybridized carbons (Fsp3) is 0.100. The van der Waals surface area contributed by atoms with Gasteiger partial charge in [-0.15, -0.1) is 0 Å². The molecule has 24 heavy (non-hydrogen) atoms. The minimum Gasteiger partial charge on any atom is -0.293 e. The molecule has 3 aromatic carbocycles. The van der Waals surface area contributed by atoms with Gasteiger partial charge in [0.2, 0.25) is 0 Å². The Morgan fingerprint density at radius 3 is 1.79 bits per heavy atom. The Hall–Kier alpha value is -1.78. The van der Waals surface area contributed by atoms with Crippen LogP contribution in [-0.4, -0.2) is 22.2 Å². The van der Waals surface area contributed by atoms with E-state index < -0.39 is 0 Å². The molecule has 0 spiro atoms. The summed E-state index contributed by atoms with van der Waals surface area (Å²) in [4.78, 5) is 23.4. The van der Waals surface area contributed by atoms with Crippen molar-refractivity contribution in [3.63, 3.8) is 0 Å². The van der Waals surface area contributed by atoms with Crippen LogP contribution in [0.25, 0.3) is 21.9 Å². The summed E-state index contributed by atoms with van der Waals surface area (Å²) in [5.74, 6) is 0.150. The lowest BCUT2D eigenvalue weighted by Gasteiger charge is -2.07. The second-order valence-corrected chi connectivity index (χ2v) is 6.59. The molecule has 0 aliphatic heterocycles. The Morgan fingerprint density at radius 1 is 0.625 bits per heavy atom. The molecule has 0 amide bonds. The summed E-state index contributed by atoms with van der Waals surface area (Å²) in [6.07, 6.45) is 0. The van der Waals surface area contributed by atoms with Crippen LogP contribution in [0.3, 0.4) is 0 Å². The molecule has 3 aromatic rings. The summed E-state index contributed by atoms with van der Waals surface area (Å²) in [5.41, 5.74) is 3.56. The van der Waals surface area contributed by atoms with Crippen LogP contribution in [-0.2, 0) is 0 Å². The van der Waals surface area contributed by atoms with Gasteiger partial charge in [0.1, 0.15) is 0 Å². The van der Waals surface area contributed by atoms with Crippen LogP contribution in [0.4, 0.5) is 0 Å². The molecule has 0 fully saturated rings. The second-order valence-electron chi connectivity index (χ2n) is 5.47. The van der Waals surface area contributed by atoms with Crippen LogP contribution < -0.4 is 0 Å². The molecule has 0 aliphatic rings. The van der Waals surface area contributed by atoms with Crippen molar-refractivity contribution in [3.05, 3.63) is 71.8 Å². The topological polar surface area (TPSA) is 34.1 Å². The highest BCUT2D eigenvalue weighted by Gasteiger charge is 2.07. The van der Waals surface area contributed by atoms with E-state index >= 15 is 0 Å². The molecule has 4 heteroatoms. The van der Waals surface area contributed by atoms with Crippen LogP contribution in [0, 0.1) is 0 Å². The van der Waals surface area contributed by atoms with Crippen LogP contribution >= 0.6 is 31.9 Å². The van der Waals surface area contributed by atoms with Gasteiger partial charge in [0.25, 0.3) is 0 Å². The number of fused-ring (bicyclic) bond motifs is 1. The van der Waals surface area contributed by atoms with E-state index in [9.17, 15) is 9.59 Å². The van der Waals surface area contributed by atoms with Crippen molar-refractivity contribution in [2.75, 3.05) is 10.7 Å². The average Bonchev–Trinajstić information content (AvgIpc) is 2.66. The predicted molar refractivity (Wildman–Crippen MR) is 106 cm³/mol. The van der Waals surface area contributed by atoms with Gasteiger partial charge in [0.15, 0.2) is 11.6 Å². The van der Waals surface area contributed by atoms with Gasteiger partial charge in [0, 0.05) is 11.1 Å². The number of Topliss-reactive ketones (excluding diaryl/α,β-unsaturated/α-hetero) is 2. The fourth-order valence-corrected chi connectivity index (χ4v) is 3.25. The number of hydrogen-bond donors (Lipinski definition) is 0. The smallest absolute Gasteiger partial charge is 0.173 e. The lowest BCUT2D eigenvalue weighted by Crippen LogP contribution is -1.99. The van der Waals surface area contributed by atoms with E-state index in [1.165, 1.54) is 0 Å². The molecular weight excluding hydrogens is 432 g/mol. The lowest BCUT2D eigenvalue weighted by molar-refractivity contribution is 0.101. The van der Waals surface area contributed by atoms with Crippen molar-refractivity contribution < 1.29 is 9.59 Å². The molecule has 0 atom stereocenters. The van der Waals surface area contributed by atoms with Crippen LogP contribution in [0.5, 0.6) is 0 Å². The molecule has 0 aliphatic carbocycles. The van der Waals surface area contributed by atoms with Crippen molar-refractivity contribution in [2.24, 2.45) is 0 Å². The van der Waals surface area contributed by atoms with Crippen molar-refractivity contribution in [3.8, 4) is 11.1 Å². The highest BCUT2D eigenvalue weighted by atomic mass is 79.9. The highest BCUT2D eigenvalue weighted by Crippen LogP contribution is 2.26. The number of benzene rings is 3. The molecule has 0 N–H and O–H groups in total. The maximum atomic E-state index is 11.8. The Balaban J connectivity index is 1.96. The second kappa shape index (κ2) is 7.41. The third kappa shape index (κ3) is 3.50. The first kappa shape index (κ1) is 17.1. The number of rotatable bonds is 5. The molecule has 2 nitrogen and oxygen atoms in total. The number of hydrogen-bond acceptors (Lipinski definition) is 2. The first-order valence-corrected chi connectivity index (χ1v) is 9.69. The Morgan fingerprint density at radius 2 is 1.12 bits per heavy atom. The average molecular weight is 446 g/mol. The van der Waals surface area contributed by atoms with E-state index in [1.54, 1.807) is 0 Å². The van der Waals surface area contributed by atoms with Crippen LogP contribution in [0.1, 0.15) is 20.7 Å². The molecule has 0 aromatic heterocycles. The van der Waals surface area contributed by atoms with Crippen molar-refractivity contribution in [2.45, 2.75) is 0 Å². The summed E-state index contributed by atoms with van der Waals surface area (Å²) in [7, 11) is 0. The third-order valence-corrected chi connectivity index (χ3v) is 4.96. The molecular formula is C20H14Br2O2. The zero-order valence-electron chi connectivity index (χ0n) is 12.8. The molecule has 0 saturated heterocycles. The number of halogens is 2. The largest absolute Gasteiger partial charge is 0.293 e. The molecule has 0 radical (unpaired) electrons. The number of carbonyl (C=O) groups excluding carboxylic acids is 2. The summed E-state index contributed by atoms with van der Waals surface area (Å²) in [6.45, 7) is 0. The van der Waals surface area contributed by atoms with Gasteiger partial charge in [-0.25, -0.2) is 0 Å². The van der Waals surface area contributed by atoms with E-state index in [-0.39, 0.29) is 11.6 Å². The number of ketones is 2. The van der Waals surface area contributed by atoms with E-state index in [4.69, 9.17) is 0 Å². The zero-order chi connectivity index (χ0) is 17.1. The van der Waals surface area contributed by atoms with E-state index in [0.717, 1.165) is 21.9 Å². The number of carbonyl (C=O) groups is 2. The minimum atomic E-state index is 0.0732. The highest BCUT2D eigenvalue weighted by molar-refractivity contribution is 9.09. The molecule has 0 saturated carbocycles. The van der Waals surface area contributed by atoms with Gasteiger partial charge < -0.3 is 0 Å². The minimum absolute atomic E-state index is 0.0732. The van der Waals surface area contributed by atoms with Gasteiger partial charge in [0.05, 0.1) is 10.7 Å². The van der Waals surface area contributed by atoms with Gasteiger partial charge in [-0.3, -0.25) is 9.59 Å². The zero-order valence-corrected chi connectivity index (χ0v) is 15.9. The standard InChI is InChI=1S/C20H14Br2O2/c21-11-19(23)14-3-1-13(2-4-14)15-5-6-17-10-18(20(24)12-22)8-7-16(17)9-15/h1-10H,11-12H2. The fourth-order valence-electron chi connectivity index (χ4n) is 2.60. The molecule has 3 rings (SSSR count). The van der Waals surface area contributed by atoms with Crippen LogP contribution in [0.2, 0.25) is 0 Å². The maximum absolute atomic E-state index is 11.8. The molecule has 0 heterocycles. The number of alkyl halides is 2. The lowest BCUT2D eigenvalue weighted by atomic mass is 9.98. The Labute approximate surface area is 157 Å². The first-order valence-electron chi connectivity index (χ1n) is 7.45. The maximum Gasteiger partial charge on any atom is 0.173 e. The third-order valence-electron chi connectivity index (χ3n) is 3.95. The van der Waals surface area contributed by atoms with Gasteiger partial charge in [-0.2, -0.15) is 0 Å². The van der Waals surface area contributed by atoms with Gasteiger partial charge in [-0.1, -0.05) is 80.4 Å². The quantitative estimate of drug-likeness (QED) is 0.375.